The first-order chi connectivity index (χ1) is 14.5. The fraction of sp³-hybridized carbons (Fsp3) is 0.381. The maximum atomic E-state index is 12.8. The van der Waals surface area contributed by atoms with E-state index in [0.29, 0.717) is 24.2 Å². The number of rotatable bonds is 9. The molecule has 6 nitrogen and oxygen atoms in total. The van der Waals surface area contributed by atoms with Gasteiger partial charge in [0.25, 0.3) is 0 Å². The Balaban J connectivity index is 1.34. The van der Waals surface area contributed by atoms with Gasteiger partial charge in [-0.25, -0.2) is 0 Å². The Hall–Kier alpha value is -2.03. The lowest BCUT2D eigenvalue weighted by Gasteiger charge is -2.21. The summed E-state index contributed by atoms with van der Waals surface area (Å²) in [6.45, 7) is 2.84. The minimum atomic E-state index is -0.261. The van der Waals surface area contributed by atoms with Gasteiger partial charge in [0.15, 0.2) is 11.0 Å². The van der Waals surface area contributed by atoms with Crippen LogP contribution >= 0.6 is 34.7 Å². The first-order valence-electron chi connectivity index (χ1n) is 9.81. The topological polar surface area (TPSA) is 60.2 Å². The molecule has 1 aliphatic carbocycles. The first kappa shape index (κ1) is 21.2. The van der Waals surface area contributed by atoms with E-state index in [9.17, 15) is 4.79 Å². The minimum absolute atomic E-state index is 0.0442. The number of hydrogen-bond acceptors (Lipinski definition) is 6. The number of likely N-dealkylation sites (N-methyl/N-ethyl adjacent to an activating group) is 1. The molecule has 2 aromatic heterocycles. The van der Waals surface area contributed by atoms with Crippen molar-refractivity contribution in [1.29, 1.82) is 0 Å². The van der Waals surface area contributed by atoms with Crippen LogP contribution in [0.3, 0.4) is 0 Å². The zero-order valence-electron chi connectivity index (χ0n) is 16.8. The summed E-state index contributed by atoms with van der Waals surface area (Å²) in [5.41, 5.74) is 0. The molecule has 0 saturated heterocycles. The van der Waals surface area contributed by atoms with Gasteiger partial charge in [-0.3, -0.25) is 9.36 Å². The van der Waals surface area contributed by atoms with E-state index < -0.39 is 0 Å². The standard InChI is InChI=1S/C21H23ClN4O2S2/c1-14(20(27)25(2)11-12-28-17-9-5-15(22)6-10-17)30-21-24-23-19(18-4-3-13-29-18)26(21)16-7-8-16/h3-6,9-10,13-14,16H,7-8,11-12H2,1-2H3. The molecular formula is C21H23ClN4O2S2. The highest BCUT2D eigenvalue weighted by Crippen LogP contribution is 2.42. The number of nitrogens with zero attached hydrogens (tertiary/aromatic N) is 4. The second-order valence-corrected chi connectivity index (χ2v) is 9.90. The lowest BCUT2D eigenvalue weighted by molar-refractivity contribution is -0.129. The molecule has 4 rings (SSSR count). The van der Waals surface area contributed by atoms with E-state index in [2.05, 4.69) is 20.8 Å². The molecule has 1 atom stereocenters. The van der Waals surface area contributed by atoms with E-state index >= 15 is 0 Å². The Labute approximate surface area is 189 Å². The number of carbonyl (C=O) groups excluding carboxylic acids is 1. The molecule has 0 aliphatic heterocycles. The summed E-state index contributed by atoms with van der Waals surface area (Å²) in [6.07, 6.45) is 2.27. The number of halogens is 1. The van der Waals surface area contributed by atoms with Crippen molar-refractivity contribution >= 4 is 40.6 Å². The van der Waals surface area contributed by atoms with Crippen LogP contribution in [-0.2, 0) is 4.79 Å². The van der Waals surface area contributed by atoms with E-state index in [-0.39, 0.29) is 11.2 Å². The third-order valence-corrected chi connectivity index (χ3v) is 7.00. The van der Waals surface area contributed by atoms with Crippen molar-refractivity contribution in [2.75, 3.05) is 20.2 Å². The number of amides is 1. The molecule has 1 unspecified atom stereocenters. The van der Waals surface area contributed by atoms with Gasteiger partial charge in [0, 0.05) is 18.1 Å². The maximum absolute atomic E-state index is 12.8. The van der Waals surface area contributed by atoms with Gasteiger partial charge in [0.05, 0.1) is 16.7 Å². The number of benzene rings is 1. The summed E-state index contributed by atoms with van der Waals surface area (Å²) < 4.78 is 7.90. The van der Waals surface area contributed by atoms with E-state index in [0.717, 1.165) is 34.4 Å². The molecule has 9 heteroatoms. The molecule has 30 heavy (non-hydrogen) atoms. The molecule has 158 valence electrons. The average Bonchev–Trinajstić information content (AvgIpc) is 3.26. The van der Waals surface area contributed by atoms with E-state index in [1.165, 1.54) is 11.8 Å². The highest BCUT2D eigenvalue weighted by molar-refractivity contribution is 8.00. The Morgan fingerprint density at radius 2 is 2.10 bits per heavy atom. The van der Waals surface area contributed by atoms with Crippen LogP contribution in [0, 0.1) is 0 Å². The molecule has 1 aromatic carbocycles. The number of ether oxygens (including phenoxy) is 1. The number of aromatic nitrogens is 3. The lowest BCUT2D eigenvalue weighted by atomic mass is 10.3. The van der Waals surface area contributed by atoms with Crippen LogP contribution in [-0.4, -0.2) is 51.0 Å². The van der Waals surface area contributed by atoms with Crippen molar-refractivity contribution in [3.05, 3.63) is 46.8 Å². The number of carbonyl (C=O) groups is 1. The van der Waals surface area contributed by atoms with Crippen LogP contribution in [0.25, 0.3) is 10.7 Å². The van der Waals surface area contributed by atoms with Crippen LogP contribution in [0.1, 0.15) is 25.8 Å². The molecule has 2 heterocycles. The minimum Gasteiger partial charge on any atom is -0.492 e. The van der Waals surface area contributed by atoms with Crippen LogP contribution in [0.5, 0.6) is 5.75 Å². The Kier molecular flexibility index (Phi) is 6.65. The Morgan fingerprint density at radius 1 is 1.33 bits per heavy atom. The molecular weight excluding hydrogens is 440 g/mol. The monoisotopic (exact) mass is 462 g/mol. The van der Waals surface area contributed by atoms with Gasteiger partial charge in [0.1, 0.15) is 12.4 Å². The SMILES string of the molecule is CC(Sc1nnc(-c2cccs2)n1C1CC1)C(=O)N(C)CCOc1ccc(Cl)cc1. The third kappa shape index (κ3) is 4.99. The van der Waals surface area contributed by atoms with Gasteiger partial charge >= 0.3 is 0 Å². The van der Waals surface area contributed by atoms with Gasteiger partial charge in [-0.05, 0) is 55.5 Å². The first-order valence-corrected chi connectivity index (χ1v) is 12.0. The number of thioether (sulfide) groups is 1. The molecule has 1 saturated carbocycles. The highest BCUT2D eigenvalue weighted by Gasteiger charge is 2.32. The van der Waals surface area contributed by atoms with Crippen molar-refractivity contribution in [3.63, 3.8) is 0 Å². The molecule has 0 spiro atoms. The van der Waals surface area contributed by atoms with Crippen LogP contribution in [0.15, 0.2) is 46.9 Å². The fourth-order valence-electron chi connectivity index (χ4n) is 3.05. The van der Waals surface area contributed by atoms with E-state index in [1.807, 2.05) is 30.5 Å². The van der Waals surface area contributed by atoms with Crippen molar-refractivity contribution in [1.82, 2.24) is 19.7 Å². The van der Waals surface area contributed by atoms with Crippen molar-refractivity contribution in [2.24, 2.45) is 0 Å². The Bertz CT molecular complexity index is 987. The third-order valence-electron chi connectivity index (χ3n) is 4.83. The largest absolute Gasteiger partial charge is 0.492 e. The zero-order chi connectivity index (χ0) is 21.1. The molecule has 3 aromatic rings. The van der Waals surface area contributed by atoms with E-state index in [1.54, 1.807) is 35.4 Å². The molecule has 1 amide bonds. The normalized spacial score (nSPS) is 14.5. The van der Waals surface area contributed by atoms with Crippen LogP contribution in [0.2, 0.25) is 5.02 Å². The summed E-state index contributed by atoms with van der Waals surface area (Å²) in [5.74, 6) is 1.68. The predicted octanol–water partition coefficient (Wildman–Crippen LogP) is 5.01. The average molecular weight is 463 g/mol. The summed E-state index contributed by atoms with van der Waals surface area (Å²) in [6, 6.07) is 11.7. The molecule has 1 aliphatic rings. The molecule has 0 radical (unpaired) electrons. The second-order valence-electron chi connectivity index (χ2n) is 7.21. The van der Waals surface area contributed by atoms with Gasteiger partial charge < -0.3 is 9.64 Å². The summed E-state index contributed by atoms with van der Waals surface area (Å²) in [4.78, 5) is 15.7. The van der Waals surface area contributed by atoms with Gasteiger partial charge in [-0.1, -0.05) is 29.4 Å². The fourth-order valence-corrected chi connectivity index (χ4v) is 4.92. The van der Waals surface area contributed by atoms with Gasteiger partial charge in [-0.2, -0.15) is 0 Å². The van der Waals surface area contributed by atoms with Crippen molar-refractivity contribution in [2.45, 2.75) is 36.2 Å². The van der Waals surface area contributed by atoms with Crippen LogP contribution < -0.4 is 4.74 Å². The predicted molar refractivity (Wildman–Crippen MR) is 122 cm³/mol. The van der Waals surface area contributed by atoms with Crippen LogP contribution in [0.4, 0.5) is 0 Å². The smallest absolute Gasteiger partial charge is 0.235 e. The summed E-state index contributed by atoms with van der Waals surface area (Å²) in [7, 11) is 1.80. The summed E-state index contributed by atoms with van der Waals surface area (Å²) in [5, 5.41) is 12.1. The highest BCUT2D eigenvalue weighted by atomic mass is 35.5. The number of hydrogen-bond donors (Lipinski definition) is 0. The quantitative estimate of drug-likeness (QED) is 0.418. The Morgan fingerprint density at radius 3 is 2.77 bits per heavy atom. The van der Waals surface area contributed by atoms with Gasteiger partial charge in [-0.15, -0.1) is 21.5 Å². The maximum Gasteiger partial charge on any atom is 0.235 e. The summed E-state index contributed by atoms with van der Waals surface area (Å²) >= 11 is 9.01. The number of thiophene rings is 1. The zero-order valence-corrected chi connectivity index (χ0v) is 19.2. The molecule has 0 N–H and O–H groups in total. The second kappa shape index (κ2) is 9.41. The molecule has 0 bridgehead atoms. The van der Waals surface area contributed by atoms with E-state index in [4.69, 9.17) is 16.3 Å². The van der Waals surface area contributed by atoms with Crippen molar-refractivity contribution in [3.8, 4) is 16.5 Å². The van der Waals surface area contributed by atoms with Gasteiger partial charge in [0.2, 0.25) is 5.91 Å². The molecule has 1 fully saturated rings. The van der Waals surface area contributed by atoms with Crippen molar-refractivity contribution < 1.29 is 9.53 Å². The lowest BCUT2D eigenvalue weighted by Crippen LogP contribution is -2.36.